The predicted molar refractivity (Wildman–Crippen MR) is 123 cm³/mol. The number of carbonyl (C=O) groups excluding carboxylic acids is 4. The van der Waals surface area contributed by atoms with Gasteiger partial charge in [0.15, 0.2) is 22.4 Å². The van der Waals surface area contributed by atoms with Crippen LogP contribution in [-0.2, 0) is 20.7 Å². The zero-order valence-electron chi connectivity index (χ0n) is 18.3. The van der Waals surface area contributed by atoms with Gasteiger partial charge in [-0.15, -0.1) is 22.7 Å². The Kier molecular flexibility index (Phi) is 7.02. The second-order valence-corrected chi connectivity index (χ2v) is 8.78. The number of nitrogens with one attached hydrogen (secondary N) is 2. The number of rotatable bonds is 8. The summed E-state index contributed by atoms with van der Waals surface area (Å²) in [5.74, 6) is -2.84. The van der Waals surface area contributed by atoms with Gasteiger partial charge in [0.1, 0.15) is 12.1 Å². The van der Waals surface area contributed by atoms with Gasteiger partial charge >= 0.3 is 12.0 Å². The first-order chi connectivity index (χ1) is 16.8. The molecule has 3 heterocycles. The number of methoxy groups -OCH3 is 2. The fourth-order valence-electron chi connectivity index (χ4n) is 3.43. The van der Waals surface area contributed by atoms with Crippen LogP contribution in [0.25, 0.3) is 0 Å². The average molecular weight is 520 g/mol. The number of urea groups is 1. The second-order valence-electron chi connectivity index (χ2n) is 7.20. The van der Waals surface area contributed by atoms with E-state index in [1.807, 2.05) is 0 Å². The molecule has 1 saturated heterocycles. The van der Waals surface area contributed by atoms with Crippen LogP contribution < -0.4 is 15.4 Å². The maximum atomic E-state index is 14.2. The zero-order chi connectivity index (χ0) is 25.1. The van der Waals surface area contributed by atoms with Crippen LogP contribution in [0.5, 0.6) is 5.75 Å². The molecule has 1 unspecified atom stereocenters. The minimum absolute atomic E-state index is 0.000407. The van der Waals surface area contributed by atoms with Crippen molar-refractivity contribution in [2.45, 2.75) is 18.5 Å². The molecule has 182 valence electrons. The molecule has 2 atom stereocenters. The smallest absolute Gasteiger partial charge is 0.357 e. The van der Waals surface area contributed by atoms with Crippen LogP contribution in [-0.4, -0.2) is 58.9 Å². The zero-order valence-corrected chi connectivity index (χ0v) is 19.9. The first-order valence-electron chi connectivity index (χ1n) is 10.0. The van der Waals surface area contributed by atoms with E-state index in [1.165, 1.54) is 43.1 Å². The van der Waals surface area contributed by atoms with Crippen molar-refractivity contribution in [3.05, 3.63) is 57.2 Å². The molecule has 0 radical (unpaired) electrons. The van der Waals surface area contributed by atoms with Crippen LogP contribution in [0, 0.1) is 5.82 Å². The van der Waals surface area contributed by atoms with E-state index in [4.69, 9.17) is 4.74 Å². The van der Waals surface area contributed by atoms with Crippen molar-refractivity contribution >= 4 is 51.6 Å². The third-order valence-electron chi connectivity index (χ3n) is 5.11. The fraction of sp³-hybridized carbons (Fsp3) is 0.238. The van der Waals surface area contributed by atoms with Crippen LogP contribution in [0.4, 0.5) is 14.3 Å². The molecule has 35 heavy (non-hydrogen) atoms. The lowest BCUT2D eigenvalue weighted by atomic mass is 10.0. The van der Waals surface area contributed by atoms with Crippen molar-refractivity contribution < 1.29 is 33.0 Å². The van der Waals surface area contributed by atoms with E-state index in [-0.39, 0.29) is 28.6 Å². The molecule has 1 aromatic carbocycles. The normalized spacial score (nSPS) is 16.1. The number of halogens is 1. The van der Waals surface area contributed by atoms with Crippen LogP contribution in [0.15, 0.2) is 34.5 Å². The Hall–Kier alpha value is -3.91. The maximum Gasteiger partial charge on any atom is 0.357 e. The first kappa shape index (κ1) is 24.2. The number of carbonyl (C=O) groups is 4. The second kappa shape index (κ2) is 10.1. The molecule has 4 amide bonds. The predicted octanol–water partition coefficient (Wildman–Crippen LogP) is 2.38. The summed E-state index contributed by atoms with van der Waals surface area (Å²) in [6.07, 6.45) is -0.0621. The molecular weight excluding hydrogens is 501 g/mol. The molecule has 11 nitrogen and oxygen atoms in total. The first-order valence-corrected chi connectivity index (χ1v) is 11.8. The van der Waals surface area contributed by atoms with Gasteiger partial charge in [-0.1, -0.05) is 6.07 Å². The summed E-state index contributed by atoms with van der Waals surface area (Å²) in [6.45, 7) is 0. The Morgan fingerprint density at radius 2 is 2.09 bits per heavy atom. The van der Waals surface area contributed by atoms with E-state index in [2.05, 4.69) is 25.3 Å². The average Bonchev–Trinajstić information content (AvgIpc) is 3.58. The molecule has 0 saturated carbocycles. The third-order valence-corrected chi connectivity index (χ3v) is 6.50. The number of esters is 1. The lowest BCUT2D eigenvalue weighted by Gasteiger charge is -2.23. The number of anilines is 1. The van der Waals surface area contributed by atoms with Gasteiger partial charge in [0.05, 0.1) is 25.4 Å². The summed E-state index contributed by atoms with van der Waals surface area (Å²) in [5, 5.41) is 8.21. The van der Waals surface area contributed by atoms with Crippen molar-refractivity contribution in [1.82, 2.24) is 20.2 Å². The summed E-state index contributed by atoms with van der Waals surface area (Å²) in [4.78, 5) is 59.9. The number of ether oxygens (including phenoxy) is 2. The van der Waals surface area contributed by atoms with E-state index in [0.29, 0.717) is 5.69 Å². The van der Waals surface area contributed by atoms with Gasteiger partial charge in [0.25, 0.3) is 5.91 Å². The van der Waals surface area contributed by atoms with Gasteiger partial charge < -0.3 is 20.1 Å². The number of amides is 4. The van der Waals surface area contributed by atoms with Crippen molar-refractivity contribution in [1.29, 1.82) is 0 Å². The Morgan fingerprint density at radius 3 is 2.74 bits per heavy atom. The maximum absolute atomic E-state index is 14.2. The molecule has 1 aliphatic rings. The van der Waals surface area contributed by atoms with E-state index >= 15 is 0 Å². The summed E-state index contributed by atoms with van der Waals surface area (Å²) in [7, 11) is 2.51. The molecule has 0 spiro atoms. The summed E-state index contributed by atoms with van der Waals surface area (Å²) in [6, 6.07) is 0.579. The fourth-order valence-corrected chi connectivity index (χ4v) is 4.69. The van der Waals surface area contributed by atoms with Crippen LogP contribution in [0.2, 0.25) is 0 Å². The van der Waals surface area contributed by atoms with Crippen molar-refractivity contribution in [2.75, 3.05) is 19.5 Å². The van der Waals surface area contributed by atoms with Crippen molar-refractivity contribution in [3.8, 4) is 5.75 Å². The van der Waals surface area contributed by atoms with E-state index in [1.54, 1.807) is 10.9 Å². The molecule has 2 aromatic heterocycles. The molecule has 0 bridgehead atoms. The SMILES string of the molecule is COC(=O)c1csc(NC(=O)[C@H](Cc2cscn2)N2C(=O)NC(c3ccc(OC)c(F)c3)C2=O)n1. The standard InChI is InChI=1S/C21H18FN5O6S2/c1-32-15-4-3-10(5-12(15)22)16-18(29)27(21(31)25-16)14(6-11-7-34-9-23-11)17(28)26-20-24-13(8-35-20)19(30)33-2/h3-5,7-9,14,16H,6H2,1-2H3,(H,25,31)(H,24,26,28)/t14-,16?/m0/s1. The highest BCUT2D eigenvalue weighted by atomic mass is 32.1. The monoisotopic (exact) mass is 519 g/mol. The summed E-state index contributed by atoms with van der Waals surface area (Å²) in [5.41, 5.74) is 2.24. The number of hydrogen-bond donors (Lipinski definition) is 2. The Balaban J connectivity index is 1.60. The lowest BCUT2D eigenvalue weighted by Crippen LogP contribution is -2.49. The van der Waals surface area contributed by atoms with E-state index < -0.39 is 41.7 Å². The Bertz CT molecular complexity index is 1280. The lowest BCUT2D eigenvalue weighted by molar-refractivity contribution is -0.134. The molecule has 14 heteroatoms. The highest BCUT2D eigenvalue weighted by molar-refractivity contribution is 7.14. The van der Waals surface area contributed by atoms with E-state index in [0.717, 1.165) is 22.3 Å². The molecule has 1 aliphatic heterocycles. The van der Waals surface area contributed by atoms with Crippen LogP contribution in [0.3, 0.4) is 0 Å². The molecular formula is C21H18FN5O6S2. The van der Waals surface area contributed by atoms with Gasteiger partial charge in [-0.2, -0.15) is 0 Å². The largest absolute Gasteiger partial charge is 0.494 e. The van der Waals surface area contributed by atoms with Gasteiger partial charge in [-0.05, 0) is 17.7 Å². The number of benzene rings is 1. The van der Waals surface area contributed by atoms with Crippen LogP contribution >= 0.6 is 22.7 Å². The number of hydrogen-bond acceptors (Lipinski definition) is 10. The van der Waals surface area contributed by atoms with Crippen LogP contribution in [0.1, 0.15) is 27.8 Å². The van der Waals surface area contributed by atoms with E-state index in [9.17, 15) is 23.6 Å². The van der Waals surface area contributed by atoms with Gasteiger partial charge in [0, 0.05) is 17.2 Å². The summed E-state index contributed by atoms with van der Waals surface area (Å²) < 4.78 is 23.7. The van der Waals surface area contributed by atoms with Gasteiger partial charge in [-0.25, -0.2) is 28.8 Å². The quantitative estimate of drug-likeness (QED) is 0.342. The number of nitrogens with zero attached hydrogens (tertiary/aromatic N) is 3. The number of imide groups is 1. The molecule has 0 aliphatic carbocycles. The third kappa shape index (κ3) is 4.97. The van der Waals surface area contributed by atoms with Crippen molar-refractivity contribution in [2.24, 2.45) is 0 Å². The minimum atomic E-state index is -1.29. The highest BCUT2D eigenvalue weighted by Gasteiger charge is 2.45. The molecule has 4 rings (SSSR count). The number of thiazole rings is 2. The highest BCUT2D eigenvalue weighted by Crippen LogP contribution is 2.29. The van der Waals surface area contributed by atoms with Gasteiger partial charge in [-0.3, -0.25) is 9.59 Å². The Morgan fingerprint density at radius 1 is 1.29 bits per heavy atom. The van der Waals surface area contributed by atoms with Gasteiger partial charge in [0.2, 0.25) is 5.91 Å². The minimum Gasteiger partial charge on any atom is -0.494 e. The molecule has 3 aromatic rings. The Labute approximate surface area is 205 Å². The molecule has 1 fully saturated rings. The number of aromatic nitrogens is 2. The van der Waals surface area contributed by atoms with Crippen molar-refractivity contribution in [3.63, 3.8) is 0 Å². The summed E-state index contributed by atoms with van der Waals surface area (Å²) >= 11 is 2.27. The molecule has 2 N–H and O–H groups in total. The topological polar surface area (TPSA) is 140 Å².